The topological polar surface area (TPSA) is 114 Å². The zero-order valence-corrected chi connectivity index (χ0v) is 16.1. The van der Waals surface area contributed by atoms with Gasteiger partial charge in [0.15, 0.2) is 6.61 Å². The molecular weight excluding hydrogens is 378 g/mol. The second-order valence-electron chi connectivity index (χ2n) is 6.12. The fraction of sp³-hybridized carbons (Fsp3) is 0.333. The van der Waals surface area contributed by atoms with E-state index in [4.69, 9.17) is 14.2 Å². The average Bonchev–Trinajstić information content (AvgIpc) is 2.75. The molecule has 2 unspecified atom stereocenters. The number of rotatable bonds is 10. The van der Waals surface area contributed by atoms with E-state index in [1.807, 2.05) is 30.3 Å². The molecule has 8 heteroatoms. The Morgan fingerprint density at radius 1 is 1.00 bits per heavy atom. The molecule has 0 saturated heterocycles. The first-order valence-corrected chi connectivity index (χ1v) is 9.18. The Hall–Kier alpha value is -3.10. The Kier molecular flexibility index (Phi) is 8.94. The van der Waals surface area contributed by atoms with Crippen LogP contribution < -0.4 is 10.1 Å². The van der Waals surface area contributed by atoms with Gasteiger partial charge in [0.2, 0.25) is 0 Å². The summed E-state index contributed by atoms with van der Waals surface area (Å²) in [7, 11) is 0. The molecule has 0 radical (unpaired) electrons. The highest BCUT2D eigenvalue weighted by Gasteiger charge is 2.19. The molecule has 0 aliphatic carbocycles. The van der Waals surface area contributed by atoms with E-state index in [9.17, 15) is 19.8 Å². The molecule has 2 atom stereocenters. The zero-order valence-electron chi connectivity index (χ0n) is 16.1. The summed E-state index contributed by atoms with van der Waals surface area (Å²) in [6.07, 6.45) is -3.14. The van der Waals surface area contributed by atoms with E-state index >= 15 is 0 Å². The molecule has 0 aliphatic heterocycles. The van der Waals surface area contributed by atoms with Crippen molar-refractivity contribution in [2.75, 3.05) is 19.8 Å². The maximum absolute atomic E-state index is 11.7. The van der Waals surface area contributed by atoms with Crippen LogP contribution in [0.25, 0.3) is 0 Å². The lowest BCUT2D eigenvalue weighted by molar-refractivity contribution is -0.145. The molecule has 0 bridgehead atoms. The van der Waals surface area contributed by atoms with Crippen molar-refractivity contribution in [1.82, 2.24) is 5.32 Å². The number of hydrogen-bond donors (Lipinski definition) is 3. The molecule has 0 aromatic heterocycles. The van der Waals surface area contributed by atoms with Gasteiger partial charge >= 0.3 is 12.1 Å². The summed E-state index contributed by atoms with van der Waals surface area (Å²) in [5, 5.41) is 22.7. The van der Waals surface area contributed by atoms with Gasteiger partial charge in [-0.05, 0) is 30.2 Å². The molecule has 2 rings (SSSR count). The number of carbonyl (C=O) groups is 2. The first-order valence-electron chi connectivity index (χ1n) is 9.18. The molecule has 0 heterocycles. The van der Waals surface area contributed by atoms with Crippen LogP contribution in [0, 0.1) is 0 Å². The van der Waals surface area contributed by atoms with Crippen LogP contribution >= 0.6 is 0 Å². The van der Waals surface area contributed by atoms with Gasteiger partial charge in [-0.2, -0.15) is 0 Å². The minimum absolute atomic E-state index is 0.110. The van der Waals surface area contributed by atoms with Gasteiger partial charge in [-0.15, -0.1) is 0 Å². The molecule has 29 heavy (non-hydrogen) atoms. The number of carbonyl (C=O) groups excluding carboxylic acids is 2. The van der Waals surface area contributed by atoms with Crippen LogP contribution in [0.15, 0.2) is 54.6 Å². The van der Waals surface area contributed by atoms with Crippen LogP contribution in [0.4, 0.5) is 4.79 Å². The van der Waals surface area contributed by atoms with Crippen molar-refractivity contribution in [3.8, 4) is 5.75 Å². The van der Waals surface area contributed by atoms with Gasteiger partial charge in [-0.1, -0.05) is 42.5 Å². The molecule has 3 N–H and O–H groups in total. The number of amides is 1. The Bertz CT molecular complexity index is 764. The third kappa shape index (κ3) is 7.81. The van der Waals surface area contributed by atoms with Crippen molar-refractivity contribution >= 4 is 12.1 Å². The van der Waals surface area contributed by atoms with Gasteiger partial charge < -0.3 is 29.7 Å². The van der Waals surface area contributed by atoms with Crippen molar-refractivity contribution in [1.29, 1.82) is 0 Å². The largest absolute Gasteiger partial charge is 0.482 e. The van der Waals surface area contributed by atoms with Crippen LogP contribution in [-0.4, -0.2) is 48.1 Å². The molecule has 2 aromatic rings. The van der Waals surface area contributed by atoms with E-state index in [1.54, 1.807) is 31.2 Å². The number of benzene rings is 2. The number of ether oxygens (including phenoxy) is 3. The second kappa shape index (κ2) is 11.7. The third-order valence-electron chi connectivity index (χ3n) is 3.92. The molecule has 0 aliphatic rings. The Morgan fingerprint density at radius 2 is 1.69 bits per heavy atom. The Morgan fingerprint density at radius 3 is 2.34 bits per heavy atom. The van der Waals surface area contributed by atoms with Gasteiger partial charge in [0.05, 0.1) is 6.61 Å². The van der Waals surface area contributed by atoms with Gasteiger partial charge in [-0.3, -0.25) is 0 Å². The van der Waals surface area contributed by atoms with E-state index < -0.39 is 24.3 Å². The average molecular weight is 403 g/mol. The highest BCUT2D eigenvalue weighted by molar-refractivity contribution is 5.71. The van der Waals surface area contributed by atoms with Crippen LogP contribution in [-0.2, 0) is 20.9 Å². The molecule has 8 nitrogen and oxygen atoms in total. The van der Waals surface area contributed by atoms with Gasteiger partial charge in [-0.25, -0.2) is 9.59 Å². The lowest BCUT2D eigenvalue weighted by atomic mass is 10.0. The highest BCUT2D eigenvalue weighted by atomic mass is 16.6. The Labute approximate surface area is 169 Å². The van der Waals surface area contributed by atoms with Crippen LogP contribution in [0.1, 0.15) is 24.2 Å². The maximum atomic E-state index is 11.7. The summed E-state index contributed by atoms with van der Waals surface area (Å²) in [5.41, 5.74) is 1.27. The van der Waals surface area contributed by atoms with E-state index in [0.717, 1.165) is 5.56 Å². The molecule has 0 spiro atoms. The number of alkyl carbamates (subject to hydrolysis) is 1. The van der Waals surface area contributed by atoms with Crippen molar-refractivity contribution in [3.63, 3.8) is 0 Å². The molecule has 156 valence electrons. The van der Waals surface area contributed by atoms with Gasteiger partial charge in [0, 0.05) is 6.54 Å². The second-order valence-corrected chi connectivity index (χ2v) is 6.12. The minimum atomic E-state index is -1.23. The molecule has 0 fully saturated rings. The molecular formula is C21H25NO7. The molecule has 2 aromatic carbocycles. The molecule has 1 amide bonds. The summed E-state index contributed by atoms with van der Waals surface area (Å²) in [5.74, 6) is -0.0524. The van der Waals surface area contributed by atoms with E-state index in [1.165, 1.54) is 0 Å². The van der Waals surface area contributed by atoms with Crippen molar-refractivity contribution in [2.45, 2.75) is 25.7 Å². The predicted octanol–water partition coefficient (Wildman–Crippen LogP) is 1.95. The highest BCUT2D eigenvalue weighted by Crippen LogP contribution is 2.20. The number of esters is 1. The van der Waals surface area contributed by atoms with Gasteiger partial charge in [0.25, 0.3) is 0 Å². The van der Waals surface area contributed by atoms with E-state index in [2.05, 4.69) is 5.32 Å². The zero-order chi connectivity index (χ0) is 21.1. The van der Waals surface area contributed by atoms with Crippen LogP contribution in [0.2, 0.25) is 0 Å². The number of hydrogen-bond acceptors (Lipinski definition) is 7. The standard InChI is InChI=1S/C21H25NO7/c1-2-27-19(24)14-28-17-10-8-16(9-11-17)20(25)18(23)12-22-21(26)29-13-15-6-4-3-5-7-15/h3-11,18,20,23,25H,2,12-14H2,1H3,(H,22,26). The summed E-state index contributed by atoms with van der Waals surface area (Å²) in [4.78, 5) is 23.0. The molecule has 0 saturated carbocycles. The lowest BCUT2D eigenvalue weighted by Gasteiger charge is -2.19. The predicted molar refractivity (Wildman–Crippen MR) is 104 cm³/mol. The SMILES string of the molecule is CCOC(=O)COc1ccc(C(O)C(O)CNC(=O)OCc2ccccc2)cc1. The monoisotopic (exact) mass is 403 g/mol. The van der Waals surface area contributed by atoms with Crippen LogP contribution in [0.3, 0.4) is 0 Å². The Balaban J connectivity index is 1.75. The number of aliphatic hydroxyl groups excluding tert-OH is 2. The summed E-state index contributed by atoms with van der Waals surface area (Å²) < 4.78 is 15.1. The van der Waals surface area contributed by atoms with Crippen molar-refractivity contribution in [3.05, 3.63) is 65.7 Å². The third-order valence-corrected chi connectivity index (χ3v) is 3.92. The maximum Gasteiger partial charge on any atom is 0.407 e. The fourth-order valence-electron chi connectivity index (χ4n) is 2.40. The first kappa shape index (κ1) is 22.2. The van der Waals surface area contributed by atoms with Crippen LogP contribution in [0.5, 0.6) is 5.75 Å². The number of aliphatic hydroxyl groups is 2. The van der Waals surface area contributed by atoms with E-state index in [0.29, 0.717) is 11.3 Å². The summed E-state index contributed by atoms with van der Waals surface area (Å²) in [6, 6.07) is 15.4. The lowest BCUT2D eigenvalue weighted by Crippen LogP contribution is -2.35. The fourth-order valence-corrected chi connectivity index (χ4v) is 2.40. The first-order chi connectivity index (χ1) is 14.0. The quantitative estimate of drug-likeness (QED) is 0.520. The van der Waals surface area contributed by atoms with Gasteiger partial charge in [0.1, 0.15) is 24.6 Å². The van der Waals surface area contributed by atoms with Crippen molar-refractivity contribution < 1.29 is 34.0 Å². The minimum Gasteiger partial charge on any atom is -0.482 e. The smallest absolute Gasteiger partial charge is 0.407 e. The van der Waals surface area contributed by atoms with E-state index in [-0.39, 0.29) is 26.4 Å². The summed E-state index contributed by atoms with van der Waals surface area (Å²) in [6.45, 7) is 1.69. The normalized spacial score (nSPS) is 12.5. The van der Waals surface area contributed by atoms with Crippen molar-refractivity contribution in [2.24, 2.45) is 0 Å². The number of nitrogens with one attached hydrogen (secondary N) is 1. The summed E-state index contributed by atoms with van der Waals surface area (Å²) >= 11 is 0.